The highest BCUT2D eigenvalue weighted by atomic mass is 32.1. The number of hydrogen-bond donors (Lipinski definition) is 1. The number of rotatable bonds is 4. The number of anilines is 1. The number of carbonyl (C=O) groups is 1. The maximum absolute atomic E-state index is 13.8. The van der Waals surface area contributed by atoms with Crippen LogP contribution in [0, 0.1) is 19.7 Å². The van der Waals surface area contributed by atoms with Crippen molar-refractivity contribution in [3.8, 4) is 22.2 Å². The Morgan fingerprint density at radius 3 is 2.57 bits per heavy atom. The highest BCUT2D eigenvalue weighted by Gasteiger charge is 2.19. The second-order valence-corrected chi connectivity index (χ2v) is 7.16. The summed E-state index contributed by atoms with van der Waals surface area (Å²) in [6, 6.07) is 13.6. The molecule has 0 unspecified atom stereocenters. The minimum absolute atomic E-state index is 0.0450. The van der Waals surface area contributed by atoms with Crippen LogP contribution >= 0.6 is 11.3 Å². The van der Waals surface area contributed by atoms with Crippen molar-refractivity contribution >= 4 is 22.4 Å². The Morgan fingerprint density at radius 2 is 1.82 bits per heavy atom. The Kier molecular flexibility index (Phi) is 4.70. The molecule has 2 aromatic heterocycles. The van der Waals surface area contributed by atoms with E-state index in [4.69, 9.17) is 4.52 Å². The summed E-state index contributed by atoms with van der Waals surface area (Å²) in [7, 11) is 0. The summed E-state index contributed by atoms with van der Waals surface area (Å²) < 4.78 is 19.1. The summed E-state index contributed by atoms with van der Waals surface area (Å²) in [6.45, 7) is 3.78. The molecule has 2 heterocycles. The molecule has 0 aliphatic rings. The van der Waals surface area contributed by atoms with Crippen LogP contribution in [0.4, 0.5) is 9.52 Å². The van der Waals surface area contributed by atoms with Gasteiger partial charge in [-0.25, -0.2) is 9.37 Å². The van der Waals surface area contributed by atoms with Crippen molar-refractivity contribution in [2.45, 2.75) is 13.8 Å². The van der Waals surface area contributed by atoms with Gasteiger partial charge >= 0.3 is 0 Å². The summed E-state index contributed by atoms with van der Waals surface area (Å²) in [4.78, 5) is 21.7. The molecule has 4 aromatic rings. The van der Waals surface area contributed by atoms with E-state index >= 15 is 0 Å². The van der Waals surface area contributed by atoms with Crippen LogP contribution in [0.3, 0.4) is 0 Å². The predicted octanol–water partition coefficient (Wildman–Crippen LogP) is 4.87. The predicted molar refractivity (Wildman–Crippen MR) is 105 cm³/mol. The number of hydrogen-bond acceptors (Lipinski definition) is 6. The molecule has 0 atom stereocenters. The minimum Gasteiger partial charge on any atom is -0.333 e. The number of nitrogens with zero attached hydrogens (tertiary/aromatic N) is 3. The van der Waals surface area contributed by atoms with Crippen molar-refractivity contribution in [1.29, 1.82) is 0 Å². The van der Waals surface area contributed by atoms with Crippen LogP contribution in [-0.2, 0) is 0 Å². The van der Waals surface area contributed by atoms with E-state index in [9.17, 15) is 9.18 Å². The van der Waals surface area contributed by atoms with E-state index in [0.29, 0.717) is 27.4 Å². The Bertz CT molecular complexity index is 1150. The molecule has 4 rings (SSSR count). The van der Waals surface area contributed by atoms with Gasteiger partial charge in [-0.2, -0.15) is 4.98 Å². The van der Waals surface area contributed by atoms with Gasteiger partial charge in [-0.15, -0.1) is 0 Å². The quantitative estimate of drug-likeness (QED) is 0.534. The summed E-state index contributed by atoms with van der Waals surface area (Å²) >= 11 is 1.19. The lowest BCUT2D eigenvalue weighted by Gasteiger charge is -2.02. The second-order valence-electron chi connectivity index (χ2n) is 6.16. The van der Waals surface area contributed by atoms with Gasteiger partial charge in [0.05, 0.1) is 11.3 Å². The molecule has 0 radical (unpaired) electrons. The molecule has 2 aromatic carbocycles. The third-order valence-electron chi connectivity index (χ3n) is 4.07. The van der Waals surface area contributed by atoms with E-state index in [1.165, 1.54) is 29.5 Å². The van der Waals surface area contributed by atoms with Gasteiger partial charge in [0.1, 0.15) is 10.7 Å². The maximum Gasteiger partial charge on any atom is 0.270 e. The molecule has 1 amide bonds. The van der Waals surface area contributed by atoms with Crippen molar-refractivity contribution in [3.05, 3.63) is 71.2 Å². The van der Waals surface area contributed by atoms with Gasteiger partial charge in [-0.1, -0.05) is 58.5 Å². The first-order valence-corrected chi connectivity index (χ1v) is 9.27. The number of carbonyl (C=O) groups excluding carboxylic acids is 1. The molecule has 0 saturated heterocycles. The fraction of sp³-hybridized carbons (Fsp3) is 0.100. The van der Waals surface area contributed by atoms with Gasteiger partial charge in [0.2, 0.25) is 5.82 Å². The van der Waals surface area contributed by atoms with Crippen molar-refractivity contribution in [2.75, 3.05) is 5.32 Å². The van der Waals surface area contributed by atoms with E-state index in [1.54, 1.807) is 13.0 Å². The first kappa shape index (κ1) is 18.0. The van der Waals surface area contributed by atoms with E-state index < -0.39 is 11.7 Å². The number of thiazole rings is 1. The van der Waals surface area contributed by atoms with Crippen LogP contribution in [0.1, 0.15) is 21.6 Å². The fourth-order valence-electron chi connectivity index (χ4n) is 2.59. The van der Waals surface area contributed by atoms with Gasteiger partial charge in [0.15, 0.2) is 5.13 Å². The summed E-state index contributed by atoms with van der Waals surface area (Å²) in [5.41, 5.74) is 2.57. The van der Waals surface area contributed by atoms with Crippen molar-refractivity contribution in [3.63, 3.8) is 0 Å². The van der Waals surface area contributed by atoms with Gasteiger partial charge in [-0.3, -0.25) is 10.1 Å². The lowest BCUT2D eigenvalue weighted by molar-refractivity contribution is 0.102. The molecule has 28 heavy (non-hydrogen) atoms. The van der Waals surface area contributed by atoms with Crippen LogP contribution in [0.25, 0.3) is 22.2 Å². The fourth-order valence-corrected chi connectivity index (χ4v) is 3.48. The van der Waals surface area contributed by atoms with E-state index in [2.05, 4.69) is 20.4 Å². The van der Waals surface area contributed by atoms with Crippen molar-refractivity contribution in [1.82, 2.24) is 15.1 Å². The SMILES string of the molecule is Cc1ccc(-c2noc(-c3sc(NC(=O)c4ccccc4F)nc3C)n2)cc1. The number of nitrogens with one attached hydrogen (secondary N) is 1. The topological polar surface area (TPSA) is 80.9 Å². The molecule has 6 nitrogen and oxygen atoms in total. The Hall–Kier alpha value is -3.39. The lowest BCUT2D eigenvalue weighted by atomic mass is 10.1. The average Bonchev–Trinajstić information content (AvgIpc) is 3.29. The zero-order chi connectivity index (χ0) is 19.7. The standard InChI is InChI=1S/C20H15FN4O2S/c1-11-7-9-13(10-8-11)17-23-19(27-25-17)16-12(2)22-20(28-16)24-18(26)14-5-3-4-6-15(14)21/h3-10H,1-2H3,(H,22,24,26). The number of halogens is 1. The van der Waals surface area contributed by atoms with Crippen LogP contribution in [0.2, 0.25) is 0 Å². The number of benzene rings is 2. The zero-order valence-electron chi connectivity index (χ0n) is 15.1. The maximum atomic E-state index is 13.8. The van der Waals surface area contributed by atoms with Gasteiger partial charge in [0.25, 0.3) is 11.8 Å². The molecule has 140 valence electrons. The second kappa shape index (κ2) is 7.32. The van der Waals surface area contributed by atoms with E-state index in [-0.39, 0.29) is 5.56 Å². The molecule has 0 aliphatic carbocycles. The van der Waals surface area contributed by atoms with Crippen molar-refractivity contribution in [2.24, 2.45) is 0 Å². The van der Waals surface area contributed by atoms with Crippen LogP contribution in [0.5, 0.6) is 0 Å². The Morgan fingerprint density at radius 1 is 1.07 bits per heavy atom. The van der Waals surface area contributed by atoms with Gasteiger partial charge in [0, 0.05) is 5.56 Å². The summed E-state index contributed by atoms with van der Waals surface area (Å²) in [5.74, 6) is -0.367. The smallest absolute Gasteiger partial charge is 0.270 e. The molecule has 8 heteroatoms. The highest BCUT2D eigenvalue weighted by molar-refractivity contribution is 7.19. The molecule has 0 saturated carbocycles. The number of aromatic nitrogens is 3. The molecule has 1 N–H and O–H groups in total. The number of amides is 1. The molecule has 0 bridgehead atoms. The van der Waals surface area contributed by atoms with Gasteiger partial charge in [-0.05, 0) is 26.0 Å². The molecular weight excluding hydrogens is 379 g/mol. The van der Waals surface area contributed by atoms with E-state index in [0.717, 1.165) is 11.1 Å². The highest BCUT2D eigenvalue weighted by Crippen LogP contribution is 2.33. The van der Waals surface area contributed by atoms with Gasteiger partial charge < -0.3 is 4.52 Å². The zero-order valence-corrected chi connectivity index (χ0v) is 15.9. The third kappa shape index (κ3) is 3.54. The minimum atomic E-state index is -0.590. The first-order valence-electron chi connectivity index (χ1n) is 8.45. The summed E-state index contributed by atoms with van der Waals surface area (Å²) in [5, 5.41) is 6.96. The van der Waals surface area contributed by atoms with Crippen LogP contribution in [-0.4, -0.2) is 21.0 Å². The van der Waals surface area contributed by atoms with E-state index in [1.807, 2.05) is 31.2 Å². The monoisotopic (exact) mass is 394 g/mol. The van der Waals surface area contributed by atoms with Crippen LogP contribution < -0.4 is 5.32 Å². The normalized spacial score (nSPS) is 10.8. The Balaban J connectivity index is 1.57. The molecular formula is C20H15FN4O2S. The average molecular weight is 394 g/mol. The first-order chi connectivity index (χ1) is 13.5. The Labute approximate surface area is 164 Å². The molecule has 0 fully saturated rings. The summed E-state index contributed by atoms with van der Waals surface area (Å²) in [6.07, 6.45) is 0. The largest absolute Gasteiger partial charge is 0.333 e. The van der Waals surface area contributed by atoms with Crippen LogP contribution in [0.15, 0.2) is 53.1 Å². The molecule has 0 aliphatic heterocycles. The lowest BCUT2D eigenvalue weighted by Crippen LogP contribution is -2.13. The molecule has 0 spiro atoms. The third-order valence-corrected chi connectivity index (χ3v) is 5.13. The van der Waals surface area contributed by atoms with Crippen molar-refractivity contribution < 1.29 is 13.7 Å². The number of aryl methyl sites for hydroxylation is 2.